The third-order valence-corrected chi connectivity index (χ3v) is 2.14. The van der Waals surface area contributed by atoms with E-state index < -0.39 is 5.82 Å². The van der Waals surface area contributed by atoms with Crippen molar-refractivity contribution in [2.45, 2.75) is 6.92 Å². The van der Waals surface area contributed by atoms with E-state index in [0.717, 1.165) is 0 Å². The number of carbonyl (C=O) groups excluding carboxylic acids is 1. The fourth-order valence-corrected chi connectivity index (χ4v) is 1.41. The molecule has 2 aromatic rings. The largest absolute Gasteiger partial charge is 0.394 e. The Kier molecular flexibility index (Phi) is 2.78. The second-order valence-electron chi connectivity index (χ2n) is 3.51. The topological polar surface area (TPSA) is 72.9 Å². The molecule has 1 aromatic heterocycles. The Labute approximate surface area is 97.0 Å². The number of nitrogens with two attached hydrogens (primary N) is 1. The molecule has 0 radical (unpaired) electrons. The van der Waals surface area contributed by atoms with Crippen LogP contribution in [-0.2, 0) is 4.79 Å². The maximum absolute atomic E-state index is 13.5. The molecule has 0 bridgehead atoms. The zero-order valence-electron chi connectivity index (χ0n) is 9.14. The van der Waals surface area contributed by atoms with Gasteiger partial charge in [-0.25, -0.2) is 9.07 Å². The number of nitrogens with one attached hydrogen (secondary N) is 1. The van der Waals surface area contributed by atoms with Gasteiger partial charge in [-0.3, -0.25) is 4.79 Å². The van der Waals surface area contributed by atoms with Crippen molar-refractivity contribution in [1.29, 1.82) is 0 Å². The monoisotopic (exact) mass is 234 g/mol. The van der Waals surface area contributed by atoms with Crippen LogP contribution in [0.5, 0.6) is 0 Å². The first-order valence-electron chi connectivity index (χ1n) is 4.95. The molecule has 88 valence electrons. The molecular formula is C11H11FN4O. The van der Waals surface area contributed by atoms with Gasteiger partial charge >= 0.3 is 0 Å². The Morgan fingerprint density at radius 3 is 2.82 bits per heavy atom. The average Bonchev–Trinajstić information content (AvgIpc) is 2.60. The highest BCUT2D eigenvalue weighted by molar-refractivity contribution is 5.90. The number of nitrogens with zero attached hydrogens (tertiary/aromatic N) is 2. The second-order valence-corrected chi connectivity index (χ2v) is 3.51. The molecule has 0 atom stereocenters. The molecule has 2 rings (SSSR count). The molecule has 0 aliphatic carbocycles. The van der Waals surface area contributed by atoms with Crippen molar-refractivity contribution in [3.05, 3.63) is 36.3 Å². The minimum absolute atomic E-state index is 0.223. The lowest BCUT2D eigenvalue weighted by atomic mass is 10.3. The number of hydrogen-bond acceptors (Lipinski definition) is 3. The minimum Gasteiger partial charge on any atom is -0.394 e. The number of halogens is 1. The molecular weight excluding hydrogens is 223 g/mol. The smallest absolute Gasteiger partial charge is 0.222 e. The molecule has 0 spiro atoms. The third kappa shape index (κ3) is 2.25. The summed E-state index contributed by atoms with van der Waals surface area (Å²) in [5.41, 5.74) is 6.21. The van der Waals surface area contributed by atoms with Gasteiger partial charge in [0, 0.05) is 6.92 Å². The van der Waals surface area contributed by atoms with E-state index in [4.69, 9.17) is 5.73 Å². The Morgan fingerprint density at radius 2 is 2.18 bits per heavy atom. The summed E-state index contributed by atoms with van der Waals surface area (Å²) >= 11 is 0. The van der Waals surface area contributed by atoms with Crippen molar-refractivity contribution < 1.29 is 9.18 Å². The Balaban J connectivity index is 2.41. The van der Waals surface area contributed by atoms with E-state index in [-0.39, 0.29) is 23.1 Å². The number of rotatable bonds is 2. The summed E-state index contributed by atoms with van der Waals surface area (Å²) in [7, 11) is 0. The molecule has 0 fully saturated rings. The lowest BCUT2D eigenvalue weighted by Gasteiger charge is -2.01. The highest BCUT2D eigenvalue weighted by Gasteiger charge is 2.10. The predicted octanol–water partition coefficient (Wildman–Crippen LogP) is 1.55. The minimum atomic E-state index is -0.413. The van der Waals surface area contributed by atoms with Gasteiger partial charge in [0.15, 0.2) is 5.82 Å². The van der Waals surface area contributed by atoms with Gasteiger partial charge < -0.3 is 11.1 Å². The van der Waals surface area contributed by atoms with Crippen molar-refractivity contribution in [3.63, 3.8) is 0 Å². The van der Waals surface area contributed by atoms with Crippen LogP contribution < -0.4 is 11.1 Å². The van der Waals surface area contributed by atoms with Gasteiger partial charge in [-0.2, -0.15) is 0 Å². The first kappa shape index (κ1) is 11.1. The van der Waals surface area contributed by atoms with Crippen LogP contribution in [-0.4, -0.2) is 15.7 Å². The molecule has 0 saturated heterocycles. The van der Waals surface area contributed by atoms with E-state index in [9.17, 15) is 9.18 Å². The summed E-state index contributed by atoms with van der Waals surface area (Å²) in [6.45, 7) is 1.35. The van der Waals surface area contributed by atoms with Crippen LogP contribution in [0.1, 0.15) is 6.92 Å². The van der Waals surface area contributed by atoms with E-state index in [2.05, 4.69) is 10.4 Å². The highest BCUT2D eigenvalue weighted by Crippen LogP contribution is 2.20. The molecule has 17 heavy (non-hydrogen) atoms. The Hall–Kier alpha value is -2.37. The highest BCUT2D eigenvalue weighted by atomic mass is 19.1. The maximum atomic E-state index is 13.5. The fourth-order valence-electron chi connectivity index (χ4n) is 1.41. The molecule has 1 heterocycles. The Bertz CT molecular complexity index is 564. The zero-order chi connectivity index (χ0) is 12.4. The van der Waals surface area contributed by atoms with Crippen molar-refractivity contribution in [3.8, 4) is 5.69 Å². The lowest BCUT2D eigenvalue weighted by Crippen LogP contribution is -2.08. The molecule has 3 N–H and O–H groups in total. The van der Waals surface area contributed by atoms with Gasteiger partial charge in [-0.05, 0) is 12.1 Å². The van der Waals surface area contributed by atoms with Crippen LogP contribution in [0, 0.1) is 5.82 Å². The van der Waals surface area contributed by atoms with Crippen LogP contribution in [0.15, 0.2) is 30.5 Å². The van der Waals surface area contributed by atoms with E-state index in [1.165, 1.54) is 23.9 Å². The van der Waals surface area contributed by atoms with Crippen molar-refractivity contribution in [2.75, 3.05) is 11.1 Å². The SMILES string of the molecule is CC(=O)Nc1nn(-c2ccccc2F)cc1N. The van der Waals surface area contributed by atoms with E-state index in [0.29, 0.717) is 0 Å². The molecule has 1 aromatic carbocycles. The number of hydrogen-bond donors (Lipinski definition) is 2. The fraction of sp³-hybridized carbons (Fsp3) is 0.0909. The van der Waals surface area contributed by atoms with Gasteiger partial charge in [0.25, 0.3) is 0 Å². The first-order valence-corrected chi connectivity index (χ1v) is 4.95. The van der Waals surface area contributed by atoms with Crippen LogP contribution in [0.25, 0.3) is 5.69 Å². The molecule has 0 unspecified atom stereocenters. The lowest BCUT2D eigenvalue weighted by molar-refractivity contribution is -0.114. The number of para-hydroxylation sites is 1. The number of anilines is 2. The maximum Gasteiger partial charge on any atom is 0.222 e. The summed E-state index contributed by atoms with van der Waals surface area (Å²) in [5.74, 6) is -0.472. The number of nitrogen functional groups attached to an aromatic ring is 1. The first-order chi connectivity index (χ1) is 8.08. The number of benzene rings is 1. The quantitative estimate of drug-likeness (QED) is 0.828. The van der Waals surface area contributed by atoms with Crippen LogP contribution in [0.4, 0.5) is 15.9 Å². The summed E-state index contributed by atoms with van der Waals surface area (Å²) in [6, 6.07) is 6.17. The summed E-state index contributed by atoms with van der Waals surface area (Å²) in [5, 5.41) is 6.47. The number of aromatic nitrogens is 2. The van der Waals surface area contributed by atoms with Gasteiger partial charge in [0.1, 0.15) is 11.5 Å². The van der Waals surface area contributed by atoms with Crippen LogP contribution in [0.3, 0.4) is 0 Å². The Morgan fingerprint density at radius 1 is 1.47 bits per heavy atom. The van der Waals surface area contributed by atoms with Crippen LogP contribution in [0.2, 0.25) is 0 Å². The molecule has 5 nitrogen and oxygen atoms in total. The van der Waals surface area contributed by atoms with Crippen LogP contribution >= 0.6 is 0 Å². The van der Waals surface area contributed by atoms with E-state index in [1.807, 2.05) is 0 Å². The van der Waals surface area contributed by atoms with E-state index in [1.54, 1.807) is 18.2 Å². The van der Waals surface area contributed by atoms with Crippen molar-refractivity contribution >= 4 is 17.4 Å². The molecule has 1 amide bonds. The summed E-state index contributed by atoms with van der Waals surface area (Å²) < 4.78 is 14.8. The van der Waals surface area contributed by atoms with Crippen molar-refractivity contribution in [2.24, 2.45) is 0 Å². The standard InChI is InChI=1S/C11H11FN4O/c1-7(17)14-11-9(13)6-16(15-11)10-5-3-2-4-8(10)12/h2-6H,13H2,1H3,(H,14,15,17). The van der Waals surface area contributed by atoms with E-state index >= 15 is 0 Å². The predicted molar refractivity (Wildman–Crippen MR) is 62.2 cm³/mol. The zero-order valence-corrected chi connectivity index (χ0v) is 9.14. The van der Waals surface area contributed by atoms with Crippen molar-refractivity contribution in [1.82, 2.24) is 9.78 Å². The van der Waals surface area contributed by atoms with Gasteiger partial charge in [0.05, 0.1) is 11.9 Å². The second kappa shape index (κ2) is 4.25. The molecule has 6 heteroatoms. The molecule has 0 saturated carbocycles. The molecule has 0 aliphatic heterocycles. The van der Waals surface area contributed by atoms with Gasteiger partial charge in [-0.1, -0.05) is 12.1 Å². The third-order valence-electron chi connectivity index (χ3n) is 2.14. The number of carbonyl (C=O) groups is 1. The summed E-state index contributed by atoms with van der Waals surface area (Å²) in [4.78, 5) is 10.9. The van der Waals surface area contributed by atoms with Gasteiger partial charge in [0.2, 0.25) is 5.91 Å². The summed E-state index contributed by atoms with van der Waals surface area (Å²) in [6.07, 6.45) is 1.45. The normalized spacial score (nSPS) is 10.2. The average molecular weight is 234 g/mol. The number of amides is 1. The molecule has 0 aliphatic rings. The van der Waals surface area contributed by atoms with Gasteiger partial charge in [-0.15, -0.1) is 5.10 Å².